The maximum Gasteiger partial charge on any atom is 0.252 e. The fourth-order valence-corrected chi connectivity index (χ4v) is 3.07. The molecule has 0 aromatic carbocycles. The van der Waals surface area contributed by atoms with Crippen LogP contribution in [0.4, 0.5) is 0 Å². The predicted octanol–water partition coefficient (Wildman–Crippen LogP) is 1.09. The number of nitrogens with zero attached hydrogens (tertiary/aromatic N) is 3. The summed E-state index contributed by atoms with van der Waals surface area (Å²) in [6.07, 6.45) is 3.37. The number of nitrogens with two attached hydrogens (primary N) is 1. The van der Waals surface area contributed by atoms with Crippen molar-refractivity contribution >= 4 is 22.8 Å². The molecule has 0 atom stereocenters. The summed E-state index contributed by atoms with van der Waals surface area (Å²) in [4.78, 5) is 36.9. The quantitative estimate of drug-likeness (QED) is 0.866. The fourth-order valence-electron chi connectivity index (χ4n) is 3.07. The average Bonchev–Trinajstić information content (AvgIpc) is 2.82. The molecule has 3 heterocycles. The molecule has 0 unspecified atom stereocenters. The largest absolute Gasteiger partial charge is 0.365 e. The molecule has 7 nitrogen and oxygen atoms in total. The van der Waals surface area contributed by atoms with Crippen molar-refractivity contribution in [2.24, 2.45) is 5.73 Å². The fraction of sp³-hybridized carbons (Fsp3) is 0.467. The van der Waals surface area contributed by atoms with Gasteiger partial charge in [-0.2, -0.15) is 0 Å². The van der Waals surface area contributed by atoms with Gasteiger partial charge in [-0.3, -0.25) is 9.59 Å². The number of primary amides is 1. The van der Waals surface area contributed by atoms with E-state index in [0.717, 1.165) is 37.3 Å². The number of piperidine rings is 1. The minimum Gasteiger partial charge on any atom is -0.365 e. The Kier molecular flexibility index (Phi) is 3.56. The van der Waals surface area contributed by atoms with Crippen LogP contribution in [0.1, 0.15) is 47.6 Å². The van der Waals surface area contributed by atoms with E-state index >= 15 is 0 Å². The first-order chi connectivity index (χ1) is 10.5. The first kappa shape index (κ1) is 14.5. The van der Waals surface area contributed by atoms with Crippen LogP contribution in [-0.4, -0.2) is 44.8 Å². The summed E-state index contributed by atoms with van der Waals surface area (Å²) in [5, 5.41) is 0. The predicted molar refractivity (Wildman–Crippen MR) is 81.4 cm³/mol. The van der Waals surface area contributed by atoms with E-state index in [1.807, 2.05) is 4.90 Å². The van der Waals surface area contributed by atoms with E-state index in [1.54, 1.807) is 20.0 Å². The van der Waals surface area contributed by atoms with E-state index in [9.17, 15) is 9.59 Å². The van der Waals surface area contributed by atoms with Crippen molar-refractivity contribution in [1.29, 1.82) is 0 Å². The molecule has 2 aromatic heterocycles. The number of rotatable bonds is 2. The molecule has 1 saturated heterocycles. The second kappa shape index (κ2) is 5.40. The molecule has 1 aliphatic heterocycles. The average molecular weight is 301 g/mol. The second-order valence-corrected chi connectivity index (χ2v) is 5.76. The highest BCUT2D eigenvalue weighted by Crippen LogP contribution is 2.27. The standard InChI is InChI=1S/C15H19N5O2/c1-8-12(14(16)22)13-11(18-8)7-17-15(19-13)10-3-5-20(6-4-10)9(2)21/h7,10,18H,3-6H2,1-2H3,(H2,16,22). The zero-order chi connectivity index (χ0) is 15.9. The number of aryl methyl sites for hydroxylation is 1. The van der Waals surface area contributed by atoms with Crippen LogP contribution in [-0.2, 0) is 4.79 Å². The van der Waals surface area contributed by atoms with E-state index in [1.165, 1.54) is 0 Å². The minimum atomic E-state index is -0.486. The lowest BCUT2D eigenvalue weighted by atomic mass is 9.96. The Bertz CT molecular complexity index is 744. The van der Waals surface area contributed by atoms with Crippen LogP contribution in [0.15, 0.2) is 6.20 Å². The number of nitrogens with one attached hydrogen (secondary N) is 1. The number of H-pyrrole nitrogens is 1. The van der Waals surface area contributed by atoms with Crippen molar-refractivity contribution < 1.29 is 9.59 Å². The Labute approximate surface area is 127 Å². The Morgan fingerprint density at radius 1 is 1.36 bits per heavy atom. The first-order valence-corrected chi connectivity index (χ1v) is 7.38. The molecule has 0 aliphatic carbocycles. The smallest absolute Gasteiger partial charge is 0.252 e. The van der Waals surface area contributed by atoms with Crippen molar-refractivity contribution in [1.82, 2.24) is 19.9 Å². The zero-order valence-corrected chi connectivity index (χ0v) is 12.7. The Morgan fingerprint density at radius 2 is 2.05 bits per heavy atom. The Morgan fingerprint density at radius 3 is 2.64 bits per heavy atom. The van der Waals surface area contributed by atoms with Crippen LogP contribution >= 0.6 is 0 Å². The molecule has 7 heteroatoms. The topological polar surface area (TPSA) is 105 Å². The normalized spacial score (nSPS) is 16.2. The highest BCUT2D eigenvalue weighted by molar-refractivity contribution is 6.05. The lowest BCUT2D eigenvalue weighted by molar-refractivity contribution is -0.129. The number of aromatic nitrogens is 3. The number of fused-ring (bicyclic) bond motifs is 1. The summed E-state index contributed by atoms with van der Waals surface area (Å²) < 4.78 is 0. The monoisotopic (exact) mass is 301 g/mol. The van der Waals surface area contributed by atoms with Crippen molar-refractivity contribution in [2.45, 2.75) is 32.6 Å². The number of aromatic amines is 1. The molecule has 1 aliphatic rings. The molecule has 0 bridgehead atoms. The third kappa shape index (κ3) is 2.43. The minimum absolute atomic E-state index is 0.104. The van der Waals surface area contributed by atoms with Crippen molar-refractivity contribution in [3.63, 3.8) is 0 Å². The van der Waals surface area contributed by atoms with Gasteiger partial charge in [-0.25, -0.2) is 9.97 Å². The highest BCUT2D eigenvalue weighted by Gasteiger charge is 2.25. The SMILES string of the molecule is CC(=O)N1CCC(c2ncc3[nH]c(C)c(C(N)=O)c3n2)CC1. The number of carbonyl (C=O) groups excluding carboxylic acids is 2. The van der Waals surface area contributed by atoms with Crippen LogP contribution < -0.4 is 5.73 Å². The highest BCUT2D eigenvalue weighted by atomic mass is 16.2. The van der Waals surface area contributed by atoms with Crippen molar-refractivity contribution in [3.8, 4) is 0 Å². The lowest BCUT2D eigenvalue weighted by Crippen LogP contribution is -2.36. The summed E-state index contributed by atoms with van der Waals surface area (Å²) in [7, 11) is 0. The lowest BCUT2D eigenvalue weighted by Gasteiger charge is -2.30. The van der Waals surface area contributed by atoms with Gasteiger partial charge in [0.15, 0.2) is 0 Å². The molecule has 2 aromatic rings. The van der Waals surface area contributed by atoms with Gasteiger partial charge in [-0.05, 0) is 19.8 Å². The summed E-state index contributed by atoms with van der Waals surface area (Å²) in [5.74, 6) is 0.542. The van der Waals surface area contributed by atoms with Gasteiger partial charge in [-0.1, -0.05) is 0 Å². The van der Waals surface area contributed by atoms with E-state index in [2.05, 4.69) is 15.0 Å². The number of carbonyl (C=O) groups is 2. The van der Waals surface area contributed by atoms with Crippen molar-refractivity contribution in [3.05, 3.63) is 23.3 Å². The molecule has 0 radical (unpaired) electrons. The third-order valence-corrected chi connectivity index (χ3v) is 4.29. The van der Waals surface area contributed by atoms with Crippen LogP contribution in [0.25, 0.3) is 11.0 Å². The molecule has 3 N–H and O–H groups in total. The second-order valence-electron chi connectivity index (χ2n) is 5.76. The molecule has 22 heavy (non-hydrogen) atoms. The van der Waals surface area contributed by atoms with Gasteiger partial charge in [-0.15, -0.1) is 0 Å². The van der Waals surface area contributed by atoms with Crippen LogP contribution in [0.2, 0.25) is 0 Å². The van der Waals surface area contributed by atoms with E-state index < -0.39 is 5.91 Å². The van der Waals surface area contributed by atoms with Crippen LogP contribution in [0, 0.1) is 6.92 Å². The first-order valence-electron chi connectivity index (χ1n) is 7.38. The van der Waals surface area contributed by atoms with Gasteiger partial charge in [0.05, 0.1) is 17.3 Å². The summed E-state index contributed by atoms with van der Waals surface area (Å²) in [6.45, 7) is 4.82. The zero-order valence-electron chi connectivity index (χ0n) is 12.7. The summed E-state index contributed by atoms with van der Waals surface area (Å²) in [5.41, 5.74) is 7.89. The molecule has 2 amide bonds. The molecular weight excluding hydrogens is 282 g/mol. The van der Waals surface area contributed by atoms with Gasteiger partial charge in [0.25, 0.3) is 5.91 Å². The molecule has 3 rings (SSSR count). The van der Waals surface area contributed by atoms with Crippen LogP contribution in [0.5, 0.6) is 0 Å². The molecule has 1 fully saturated rings. The number of hydrogen-bond acceptors (Lipinski definition) is 4. The number of hydrogen-bond donors (Lipinski definition) is 2. The number of amides is 2. The van der Waals surface area contributed by atoms with Gasteiger partial charge in [0.1, 0.15) is 11.3 Å². The third-order valence-electron chi connectivity index (χ3n) is 4.29. The maximum atomic E-state index is 11.6. The van der Waals surface area contributed by atoms with E-state index in [4.69, 9.17) is 5.73 Å². The van der Waals surface area contributed by atoms with Gasteiger partial charge < -0.3 is 15.6 Å². The molecular formula is C15H19N5O2. The Hall–Kier alpha value is -2.44. The van der Waals surface area contributed by atoms with Gasteiger partial charge in [0, 0.05) is 31.6 Å². The summed E-state index contributed by atoms with van der Waals surface area (Å²) in [6, 6.07) is 0. The molecule has 116 valence electrons. The Balaban J connectivity index is 1.91. The van der Waals surface area contributed by atoms with Gasteiger partial charge in [0.2, 0.25) is 5.91 Å². The van der Waals surface area contributed by atoms with Crippen molar-refractivity contribution in [2.75, 3.05) is 13.1 Å². The van der Waals surface area contributed by atoms with E-state index in [-0.39, 0.29) is 11.8 Å². The summed E-state index contributed by atoms with van der Waals surface area (Å²) >= 11 is 0. The van der Waals surface area contributed by atoms with E-state index in [0.29, 0.717) is 16.8 Å². The number of likely N-dealkylation sites (tertiary alicyclic amines) is 1. The molecule has 0 saturated carbocycles. The van der Waals surface area contributed by atoms with Gasteiger partial charge >= 0.3 is 0 Å². The maximum absolute atomic E-state index is 11.6. The molecule has 0 spiro atoms. The van der Waals surface area contributed by atoms with Crippen LogP contribution in [0.3, 0.4) is 0 Å².